The van der Waals surface area contributed by atoms with Crippen LogP contribution in [0.25, 0.3) is 6.08 Å². The fourth-order valence-electron chi connectivity index (χ4n) is 4.16. The highest BCUT2D eigenvalue weighted by Gasteiger charge is 2.33. The summed E-state index contributed by atoms with van der Waals surface area (Å²) < 4.78 is 12.2. The summed E-state index contributed by atoms with van der Waals surface area (Å²) in [5.74, 6) is -0.648. The molecule has 3 aromatic rings. The first-order valence-corrected chi connectivity index (χ1v) is 12.7. The van der Waals surface area contributed by atoms with E-state index < -0.39 is 18.0 Å². The lowest BCUT2D eigenvalue weighted by molar-refractivity contribution is -0.138. The number of esters is 2. The molecule has 0 spiro atoms. The molecule has 0 saturated carbocycles. The normalized spacial score (nSPS) is 15.3. The Labute approximate surface area is 218 Å². The van der Waals surface area contributed by atoms with E-state index in [-0.39, 0.29) is 17.7 Å². The first kappa shape index (κ1) is 26.0. The Morgan fingerprint density at radius 2 is 1.78 bits per heavy atom. The number of thiazole rings is 1. The van der Waals surface area contributed by atoms with Crippen molar-refractivity contribution in [2.75, 3.05) is 13.7 Å². The SMILES string of the molecule is C=CCOC(=O)C1=C(C)N=c2sc(=Cc3ccc(C(C)C)cc3)c(=O)n2C1c1ccc(C(=O)OC)cc1. The van der Waals surface area contributed by atoms with Crippen LogP contribution >= 0.6 is 11.3 Å². The van der Waals surface area contributed by atoms with Gasteiger partial charge in [-0.15, -0.1) is 0 Å². The first-order chi connectivity index (χ1) is 17.7. The molecule has 2 heterocycles. The Bertz CT molecular complexity index is 1560. The van der Waals surface area contributed by atoms with Crippen molar-refractivity contribution in [2.45, 2.75) is 32.7 Å². The largest absolute Gasteiger partial charge is 0.465 e. The van der Waals surface area contributed by atoms with E-state index in [4.69, 9.17) is 9.47 Å². The summed E-state index contributed by atoms with van der Waals surface area (Å²) in [6.07, 6.45) is 3.31. The Morgan fingerprint density at radius 3 is 2.38 bits per heavy atom. The third kappa shape index (κ3) is 5.24. The van der Waals surface area contributed by atoms with Gasteiger partial charge in [0, 0.05) is 0 Å². The van der Waals surface area contributed by atoms with Crippen molar-refractivity contribution in [2.24, 2.45) is 4.99 Å². The van der Waals surface area contributed by atoms with E-state index in [1.54, 1.807) is 31.2 Å². The number of hydrogen-bond donors (Lipinski definition) is 0. The maximum atomic E-state index is 13.7. The zero-order valence-corrected chi connectivity index (χ0v) is 22.0. The maximum Gasteiger partial charge on any atom is 0.338 e. The van der Waals surface area contributed by atoms with Gasteiger partial charge in [-0.25, -0.2) is 14.6 Å². The molecule has 190 valence electrons. The van der Waals surface area contributed by atoms with Crippen LogP contribution < -0.4 is 14.9 Å². The second-order valence-corrected chi connectivity index (χ2v) is 9.91. The fraction of sp³-hybridized carbons (Fsp3) is 0.241. The van der Waals surface area contributed by atoms with Crippen LogP contribution in [-0.4, -0.2) is 30.2 Å². The molecule has 1 aromatic heterocycles. The van der Waals surface area contributed by atoms with E-state index >= 15 is 0 Å². The number of hydrogen-bond acceptors (Lipinski definition) is 7. The number of carbonyl (C=O) groups is 2. The van der Waals surface area contributed by atoms with Crippen LogP contribution in [0.3, 0.4) is 0 Å². The summed E-state index contributed by atoms with van der Waals surface area (Å²) in [6, 6.07) is 13.9. The minimum atomic E-state index is -0.772. The van der Waals surface area contributed by atoms with Crippen molar-refractivity contribution >= 4 is 29.4 Å². The monoisotopic (exact) mass is 516 g/mol. The van der Waals surface area contributed by atoms with Crippen molar-refractivity contribution in [1.29, 1.82) is 0 Å². The molecule has 8 heteroatoms. The number of carbonyl (C=O) groups excluding carboxylic acids is 2. The molecule has 0 fully saturated rings. The lowest BCUT2D eigenvalue weighted by atomic mass is 9.95. The molecule has 0 saturated heterocycles. The predicted octanol–water partition coefficient (Wildman–Crippen LogP) is 3.87. The van der Waals surface area contributed by atoms with Crippen molar-refractivity contribution in [1.82, 2.24) is 4.57 Å². The van der Waals surface area contributed by atoms with Gasteiger partial charge in [-0.3, -0.25) is 9.36 Å². The maximum absolute atomic E-state index is 13.7. The van der Waals surface area contributed by atoms with Gasteiger partial charge in [0.05, 0.1) is 34.5 Å². The summed E-state index contributed by atoms with van der Waals surface area (Å²) >= 11 is 1.26. The van der Waals surface area contributed by atoms with E-state index in [0.717, 1.165) is 5.56 Å². The lowest BCUT2D eigenvalue weighted by Gasteiger charge is -2.24. The Morgan fingerprint density at radius 1 is 1.11 bits per heavy atom. The van der Waals surface area contributed by atoms with Crippen LogP contribution in [0.5, 0.6) is 0 Å². The molecular formula is C29H28N2O5S. The molecule has 2 aromatic carbocycles. The molecule has 37 heavy (non-hydrogen) atoms. The van der Waals surface area contributed by atoms with Gasteiger partial charge in [0.1, 0.15) is 6.61 Å². The third-order valence-corrected chi connectivity index (χ3v) is 7.11. The van der Waals surface area contributed by atoms with Gasteiger partial charge in [0.25, 0.3) is 5.56 Å². The molecule has 1 aliphatic heterocycles. The molecule has 1 aliphatic rings. The van der Waals surface area contributed by atoms with Crippen LogP contribution in [0.4, 0.5) is 0 Å². The molecule has 0 N–H and O–H groups in total. The van der Waals surface area contributed by atoms with Crippen LogP contribution in [0, 0.1) is 0 Å². The summed E-state index contributed by atoms with van der Waals surface area (Å²) in [5, 5.41) is 0. The number of nitrogens with zero attached hydrogens (tertiary/aromatic N) is 2. The number of fused-ring (bicyclic) bond motifs is 1. The summed E-state index contributed by atoms with van der Waals surface area (Å²) in [5.41, 5.74) is 3.57. The average molecular weight is 517 g/mol. The van der Waals surface area contributed by atoms with Crippen molar-refractivity contribution in [3.8, 4) is 0 Å². The summed E-state index contributed by atoms with van der Waals surface area (Å²) in [6.45, 7) is 9.61. The van der Waals surface area contributed by atoms with Crippen LogP contribution in [0.15, 0.2) is 82.2 Å². The van der Waals surface area contributed by atoms with Gasteiger partial charge in [-0.05, 0) is 47.7 Å². The van der Waals surface area contributed by atoms with E-state index in [1.165, 1.54) is 34.7 Å². The number of aromatic nitrogens is 1. The van der Waals surface area contributed by atoms with Crippen LogP contribution in [0.1, 0.15) is 59.8 Å². The zero-order valence-electron chi connectivity index (χ0n) is 21.2. The lowest BCUT2D eigenvalue weighted by Crippen LogP contribution is -2.40. The average Bonchev–Trinajstić information content (AvgIpc) is 3.20. The van der Waals surface area contributed by atoms with Gasteiger partial charge in [0.2, 0.25) is 0 Å². The minimum absolute atomic E-state index is 0.0282. The topological polar surface area (TPSA) is 87.0 Å². The quantitative estimate of drug-likeness (QED) is 0.351. The summed E-state index contributed by atoms with van der Waals surface area (Å²) in [4.78, 5) is 43.8. The van der Waals surface area contributed by atoms with Crippen LogP contribution in [0.2, 0.25) is 0 Å². The highest BCUT2D eigenvalue weighted by Crippen LogP contribution is 2.31. The van der Waals surface area contributed by atoms with E-state index in [2.05, 4.69) is 37.6 Å². The highest BCUT2D eigenvalue weighted by atomic mass is 32.1. The molecule has 1 unspecified atom stereocenters. The molecule has 1 atom stereocenters. The van der Waals surface area contributed by atoms with Crippen molar-refractivity contribution < 1.29 is 19.1 Å². The number of allylic oxidation sites excluding steroid dienone is 1. The van der Waals surface area contributed by atoms with Gasteiger partial charge in [-0.2, -0.15) is 0 Å². The Balaban J connectivity index is 1.87. The van der Waals surface area contributed by atoms with E-state index in [9.17, 15) is 14.4 Å². The molecule has 4 rings (SSSR count). The number of methoxy groups -OCH3 is 1. The highest BCUT2D eigenvalue weighted by molar-refractivity contribution is 7.07. The van der Waals surface area contributed by atoms with Gasteiger partial charge >= 0.3 is 11.9 Å². The molecule has 0 radical (unpaired) electrons. The number of rotatable bonds is 7. The molecule has 0 aliphatic carbocycles. The van der Waals surface area contributed by atoms with Crippen LogP contribution in [-0.2, 0) is 14.3 Å². The molecule has 0 amide bonds. The van der Waals surface area contributed by atoms with Gasteiger partial charge < -0.3 is 9.47 Å². The summed E-state index contributed by atoms with van der Waals surface area (Å²) in [7, 11) is 1.31. The second kappa shape index (κ2) is 10.9. The zero-order chi connectivity index (χ0) is 26.7. The van der Waals surface area contributed by atoms with Crippen molar-refractivity contribution in [3.63, 3.8) is 0 Å². The van der Waals surface area contributed by atoms with E-state index in [1.807, 2.05) is 18.2 Å². The smallest absolute Gasteiger partial charge is 0.338 e. The Kier molecular flexibility index (Phi) is 7.69. The molecule has 7 nitrogen and oxygen atoms in total. The number of ether oxygens (including phenoxy) is 2. The number of benzene rings is 2. The Hall–Kier alpha value is -4.04. The van der Waals surface area contributed by atoms with Gasteiger partial charge in [-0.1, -0.05) is 74.2 Å². The third-order valence-electron chi connectivity index (χ3n) is 6.12. The van der Waals surface area contributed by atoms with Crippen molar-refractivity contribution in [3.05, 3.63) is 114 Å². The molecule has 0 bridgehead atoms. The standard InChI is InChI=1S/C29H28N2O5S/c1-6-15-36-28(34)24-18(4)30-29-31(25(24)21-11-13-22(14-12-21)27(33)35-5)26(32)23(37-29)16-19-7-9-20(10-8-19)17(2)3/h6-14,16-17,25H,1,15H2,2-5H3. The first-order valence-electron chi connectivity index (χ1n) is 11.8. The second-order valence-electron chi connectivity index (χ2n) is 8.90. The van der Waals surface area contributed by atoms with Gasteiger partial charge in [0.15, 0.2) is 4.80 Å². The fourth-order valence-corrected chi connectivity index (χ4v) is 5.20. The minimum Gasteiger partial charge on any atom is -0.465 e. The predicted molar refractivity (Wildman–Crippen MR) is 143 cm³/mol. The molecular weight excluding hydrogens is 488 g/mol. The van der Waals surface area contributed by atoms with E-state index in [0.29, 0.717) is 32.1 Å².